The Balaban J connectivity index is 1.64. The van der Waals surface area contributed by atoms with Gasteiger partial charge in [0.2, 0.25) is 4.77 Å². The minimum Gasteiger partial charge on any atom is -0.491 e. The van der Waals surface area contributed by atoms with Gasteiger partial charge in [0.05, 0.1) is 19.4 Å². The topological polar surface area (TPSA) is 96.2 Å². The lowest BCUT2D eigenvalue weighted by atomic mass is 10.1. The van der Waals surface area contributed by atoms with Crippen LogP contribution in [0.2, 0.25) is 0 Å². The molecule has 2 N–H and O–H groups in total. The van der Waals surface area contributed by atoms with Crippen LogP contribution >= 0.6 is 12.2 Å². The van der Waals surface area contributed by atoms with E-state index in [0.29, 0.717) is 35.4 Å². The summed E-state index contributed by atoms with van der Waals surface area (Å²) in [4.78, 5) is 4.46. The second kappa shape index (κ2) is 8.86. The van der Waals surface area contributed by atoms with Crippen LogP contribution in [0.15, 0.2) is 24.4 Å². The smallest absolute Gasteiger partial charge is 0.203 e. The van der Waals surface area contributed by atoms with Crippen molar-refractivity contribution in [2.24, 2.45) is 0 Å². The van der Waals surface area contributed by atoms with Crippen molar-refractivity contribution in [3.05, 3.63) is 29.2 Å². The number of nitrogens with zero attached hydrogens (tertiary/aromatic N) is 2. The number of ether oxygens (including phenoxy) is 5. The zero-order valence-corrected chi connectivity index (χ0v) is 17.8. The minimum absolute atomic E-state index is 0.234. The minimum atomic E-state index is -0.945. The molecule has 10 heteroatoms. The number of aliphatic hydroxyl groups is 1. The monoisotopic (exact) mass is 435 g/mol. The van der Waals surface area contributed by atoms with Crippen LogP contribution in [-0.2, 0) is 14.2 Å². The molecule has 1 saturated heterocycles. The summed E-state index contributed by atoms with van der Waals surface area (Å²) in [5, 5.41) is 14.0. The number of nitrogens with one attached hydrogen (secondary N) is 1. The lowest BCUT2D eigenvalue weighted by Gasteiger charge is -2.25. The molecule has 2 aromatic rings. The Morgan fingerprint density at radius 1 is 1.30 bits per heavy atom. The molecule has 0 spiro atoms. The third-order valence-electron chi connectivity index (χ3n) is 5.02. The van der Waals surface area contributed by atoms with Gasteiger partial charge in [0.15, 0.2) is 23.5 Å². The van der Waals surface area contributed by atoms with Gasteiger partial charge in [-0.1, -0.05) is 13.0 Å². The van der Waals surface area contributed by atoms with Crippen molar-refractivity contribution >= 4 is 23.7 Å². The molecule has 0 aliphatic carbocycles. The summed E-state index contributed by atoms with van der Waals surface area (Å²) in [6.07, 6.45) is -0.131. The number of aliphatic hydroxyl groups excluding tert-OH is 1. The molecule has 162 valence electrons. The number of hydrogen-bond acceptors (Lipinski definition) is 9. The predicted octanol–water partition coefficient (Wildman–Crippen LogP) is 3.17. The van der Waals surface area contributed by atoms with Crippen LogP contribution in [0.4, 0.5) is 11.5 Å². The number of hydrogen-bond donors (Lipinski definition) is 2. The molecule has 2 aliphatic rings. The van der Waals surface area contributed by atoms with E-state index in [1.54, 1.807) is 17.9 Å². The molecule has 1 fully saturated rings. The van der Waals surface area contributed by atoms with Gasteiger partial charge in [0.25, 0.3) is 0 Å². The molecule has 0 saturated carbocycles. The molecule has 0 radical (unpaired) electrons. The van der Waals surface area contributed by atoms with Gasteiger partial charge in [-0.15, -0.1) is 0 Å². The first-order chi connectivity index (χ1) is 14.6. The average Bonchev–Trinajstić information content (AvgIpc) is 3.05. The Morgan fingerprint density at radius 2 is 2.13 bits per heavy atom. The Morgan fingerprint density at radius 3 is 2.87 bits per heavy atom. The SMILES string of the molecule is CCCOc1cccc2c1Nc1nc(=S)n([C@@H]3O[C@H](COC)C(OC)[C@@H]3O)cc1O2. The van der Waals surface area contributed by atoms with Crippen LogP contribution in [0.25, 0.3) is 0 Å². The highest BCUT2D eigenvalue weighted by Crippen LogP contribution is 2.46. The summed E-state index contributed by atoms with van der Waals surface area (Å²) in [7, 11) is 3.09. The van der Waals surface area contributed by atoms with Crippen molar-refractivity contribution in [3.8, 4) is 17.2 Å². The Labute approximate surface area is 179 Å². The number of benzene rings is 1. The molecular formula is C20H25N3O6S. The zero-order valence-electron chi connectivity index (χ0n) is 17.0. The van der Waals surface area contributed by atoms with E-state index in [0.717, 1.165) is 6.42 Å². The molecule has 0 bridgehead atoms. The maximum atomic E-state index is 10.7. The third kappa shape index (κ3) is 3.77. The van der Waals surface area contributed by atoms with E-state index < -0.39 is 24.5 Å². The van der Waals surface area contributed by atoms with Crippen molar-refractivity contribution in [3.63, 3.8) is 0 Å². The highest BCUT2D eigenvalue weighted by Gasteiger charge is 2.45. The van der Waals surface area contributed by atoms with E-state index >= 15 is 0 Å². The summed E-state index contributed by atoms with van der Waals surface area (Å²) in [5.74, 6) is 2.23. The van der Waals surface area contributed by atoms with Gasteiger partial charge >= 0.3 is 0 Å². The van der Waals surface area contributed by atoms with Crippen molar-refractivity contribution < 1.29 is 28.8 Å². The molecule has 3 heterocycles. The van der Waals surface area contributed by atoms with Gasteiger partial charge in [-0.3, -0.25) is 4.57 Å². The van der Waals surface area contributed by atoms with Gasteiger partial charge in [0.1, 0.15) is 29.7 Å². The highest BCUT2D eigenvalue weighted by atomic mass is 32.1. The summed E-state index contributed by atoms with van der Waals surface area (Å²) in [6, 6.07) is 5.57. The van der Waals surface area contributed by atoms with E-state index in [1.807, 2.05) is 25.1 Å². The normalized spacial score (nSPS) is 24.5. The van der Waals surface area contributed by atoms with E-state index in [2.05, 4.69) is 10.3 Å². The molecule has 30 heavy (non-hydrogen) atoms. The summed E-state index contributed by atoms with van der Waals surface area (Å²) >= 11 is 5.47. The average molecular weight is 436 g/mol. The van der Waals surface area contributed by atoms with Gasteiger partial charge in [-0.25, -0.2) is 0 Å². The van der Waals surface area contributed by atoms with Gasteiger partial charge in [-0.05, 0) is 30.8 Å². The Bertz CT molecular complexity index is 968. The largest absolute Gasteiger partial charge is 0.491 e. The van der Waals surface area contributed by atoms with Crippen LogP contribution in [0.3, 0.4) is 0 Å². The number of fused-ring (bicyclic) bond motifs is 2. The van der Waals surface area contributed by atoms with Crippen LogP contribution in [0, 0.1) is 4.77 Å². The van der Waals surface area contributed by atoms with E-state index in [9.17, 15) is 5.11 Å². The summed E-state index contributed by atoms with van der Waals surface area (Å²) in [5.41, 5.74) is 0.704. The number of aromatic nitrogens is 2. The zero-order chi connectivity index (χ0) is 21.3. The first kappa shape index (κ1) is 21.0. The molecule has 9 nitrogen and oxygen atoms in total. The van der Waals surface area contributed by atoms with E-state index in [1.165, 1.54) is 7.11 Å². The van der Waals surface area contributed by atoms with Crippen LogP contribution < -0.4 is 14.8 Å². The van der Waals surface area contributed by atoms with Crippen LogP contribution in [0.5, 0.6) is 17.2 Å². The molecule has 2 aliphatic heterocycles. The Hall–Kier alpha value is -2.24. The van der Waals surface area contributed by atoms with Crippen molar-refractivity contribution in [1.29, 1.82) is 0 Å². The first-order valence-corrected chi connectivity index (χ1v) is 10.2. The first-order valence-electron chi connectivity index (χ1n) is 9.76. The molecule has 1 aromatic carbocycles. The lowest BCUT2D eigenvalue weighted by molar-refractivity contribution is -0.0635. The standard InChI is InChI=1S/C20H25N3O6S/c1-4-8-27-11-6-5-7-12-15(11)21-18-13(28-12)9-23(20(30)22-18)19-16(24)17(26-3)14(29-19)10-25-2/h5-7,9,14,16-17,19,24H,4,8,10H2,1-3H3,(H,21,22,30)/t14-,16+,17?,19-/m1/s1. The number of rotatable bonds is 7. The highest BCUT2D eigenvalue weighted by molar-refractivity contribution is 7.71. The number of anilines is 2. The van der Waals surface area contributed by atoms with Crippen molar-refractivity contribution in [2.45, 2.75) is 37.9 Å². The third-order valence-corrected chi connectivity index (χ3v) is 5.32. The second-order valence-electron chi connectivity index (χ2n) is 7.06. The predicted molar refractivity (Wildman–Crippen MR) is 111 cm³/mol. The molecule has 0 amide bonds. The molecular weight excluding hydrogens is 410 g/mol. The van der Waals surface area contributed by atoms with Crippen LogP contribution in [-0.4, -0.2) is 60.4 Å². The van der Waals surface area contributed by atoms with E-state index in [-0.39, 0.29) is 11.4 Å². The summed E-state index contributed by atoms with van der Waals surface area (Å²) < 4.78 is 30.2. The van der Waals surface area contributed by atoms with Gasteiger partial charge < -0.3 is 34.1 Å². The molecule has 4 atom stereocenters. The summed E-state index contributed by atoms with van der Waals surface area (Å²) in [6.45, 7) is 2.92. The Kier molecular flexibility index (Phi) is 6.21. The fourth-order valence-electron chi connectivity index (χ4n) is 3.63. The van der Waals surface area contributed by atoms with E-state index in [4.69, 9.17) is 35.9 Å². The van der Waals surface area contributed by atoms with Gasteiger partial charge in [0, 0.05) is 14.2 Å². The maximum absolute atomic E-state index is 10.7. The molecule has 1 aromatic heterocycles. The number of methoxy groups -OCH3 is 2. The second-order valence-corrected chi connectivity index (χ2v) is 7.42. The van der Waals surface area contributed by atoms with Crippen molar-refractivity contribution in [2.75, 3.05) is 32.8 Å². The van der Waals surface area contributed by atoms with Crippen LogP contribution in [0.1, 0.15) is 19.6 Å². The molecule has 1 unspecified atom stereocenters. The lowest BCUT2D eigenvalue weighted by Crippen LogP contribution is -2.35. The quantitative estimate of drug-likeness (QED) is 0.543. The number of para-hydroxylation sites is 1. The van der Waals surface area contributed by atoms with Crippen molar-refractivity contribution in [1.82, 2.24) is 9.55 Å². The molecule has 4 rings (SSSR count). The fourth-order valence-corrected chi connectivity index (χ4v) is 3.87. The van der Waals surface area contributed by atoms with Gasteiger partial charge in [-0.2, -0.15) is 4.98 Å². The maximum Gasteiger partial charge on any atom is 0.203 e. The fraction of sp³-hybridized carbons (Fsp3) is 0.500.